The summed E-state index contributed by atoms with van der Waals surface area (Å²) < 4.78 is 30.6. The van der Waals surface area contributed by atoms with Gasteiger partial charge >= 0.3 is 0 Å². The Morgan fingerprint density at radius 1 is 1.03 bits per heavy atom. The number of nitrogens with zero attached hydrogens (tertiary/aromatic N) is 4. The molecule has 0 spiro atoms. The summed E-state index contributed by atoms with van der Waals surface area (Å²) in [6, 6.07) is 14.0. The average molecular weight is 518 g/mol. The maximum atomic E-state index is 13.0. The molecule has 2 aromatic carbocycles. The quantitative estimate of drug-likeness (QED) is 0.333. The van der Waals surface area contributed by atoms with Gasteiger partial charge in [-0.3, -0.25) is 9.67 Å². The molecule has 0 aliphatic rings. The van der Waals surface area contributed by atoms with Crippen molar-refractivity contribution in [2.75, 3.05) is 18.0 Å². The molecule has 0 saturated heterocycles. The van der Waals surface area contributed by atoms with Gasteiger partial charge in [0.2, 0.25) is 10.0 Å². The Morgan fingerprint density at radius 3 is 2.41 bits per heavy atom. The monoisotopic (exact) mass is 517 g/mol. The van der Waals surface area contributed by atoms with Crippen LogP contribution >= 0.6 is 23.2 Å². The summed E-state index contributed by atoms with van der Waals surface area (Å²) in [5, 5.41) is 6.68. The molecule has 2 aromatic heterocycles. The molecule has 0 radical (unpaired) electrons. The summed E-state index contributed by atoms with van der Waals surface area (Å²) in [6.07, 6.45) is 3.28. The summed E-state index contributed by atoms with van der Waals surface area (Å²) in [5.41, 5.74) is 2.33. The van der Waals surface area contributed by atoms with Gasteiger partial charge in [0.1, 0.15) is 0 Å². The second kappa shape index (κ2) is 10.3. The highest BCUT2D eigenvalue weighted by Gasteiger charge is 2.21. The van der Waals surface area contributed by atoms with Gasteiger partial charge in [0.05, 0.1) is 17.0 Å². The molecule has 0 fully saturated rings. The van der Waals surface area contributed by atoms with E-state index in [1.165, 1.54) is 0 Å². The zero-order valence-electron chi connectivity index (χ0n) is 18.9. The second-order valence-corrected chi connectivity index (χ2v) is 10.3. The fraction of sp³-hybridized carbons (Fsp3) is 0.250. The van der Waals surface area contributed by atoms with Crippen LogP contribution in [0.15, 0.2) is 65.8 Å². The topological polar surface area (TPSA) is 80.1 Å². The number of pyridine rings is 1. The largest absolute Gasteiger partial charge is 0.355 e. The van der Waals surface area contributed by atoms with E-state index in [1.807, 2.05) is 24.6 Å². The molecule has 178 valence electrons. The number of sulfonamides is 1. The summed E-state index contributed by atoms with van der Waals surface area (Å²) in [5.74, 6) is 0.715. The van der Waals surface area contributed by atoms with Gasteiger partial charge in [0.15, 0.2) is 5.82 Å². The summed E-state index contributed by atoms with van der Waals surface area (Å²) in [7, 11) is -3.74. The number of hydrogen-bond acceptors (Lipinski definition) is 5. The third-order valence-electron chi connectivity index (χ3n) is 5.63. The van der Waals surface area contributed by atoms with Crippen molar-refractivity contribution in [3.05, 3.63) is 82.1 Å². The molecule has 4 aromatic rings. The number of anilines is 1. The molecule has 0 bridgehead atoms. The van der Waals surface area contributed by atoms with Crippen LogP contribution in [0.3, 0.4) is 0 Å². The predicted octanol–water partition coefficient (Wildman–Crippen LogP) is 5.11. The van der Waals surface area contributed by atoms with Gasteiger partial charge < -0.3 is 4.90 Å². The zero-order chi connectivity index (χ0) is 24.3. The van der Waals surface area contributed by atoms with Crippen molar-refractivity contribution in [2.24, 2.45) is 0 Å². The highest BCUT2D eigenvalue weighted by molar-refractivity contribution is 7.89. The average Bonchev–Trinajstić information content (AvgIpc) is 3.19. The molecule has 7 nitrogen and oxygen atoms in total. The number of fused-ring (bicyclic) bond motifs is 1. The zero-order valence-corrected chi connectivity index (χ0v) is 21.2. The van der Waals surface area contributed by atoms with Crippen LogP contribution in [0.5, 0.6) is 0 Å². The Labute approximate surface area is 209 Å². The Hall–Kier alpha value is -2.65. The molecule has 0 amide bonds. The first-order valence-electron chi connectivity index (χ1n) is 10.9. The summed E-state index contributed by atoms with van der Waals surface area (Å²) in [6.45, 7) is 6.05. The highest BCUT2D eigenvalue weighted by Crippen LogP contribution is 2.31. The molecule has 2 heterocycles. The normalized spacial score (nSPS) is 11.8. The van der Waals surface area contributed by atoms with E-state index in [2.05, 4.69) is 14.6 Å². The third kappa shape index (κ3) is 5.05. The van der Waals surface area contributed by atoms with E-state index >= 15 is 0 Å². The lowest BCUT2D eigenvalue weighted by Crippen LogP contribution is -2.24. The number of benzene rings is 2. The maximum absolute atomic E-state index is 13.0. The summed E-state index contributed by atoms with van der Waals surface area (Å²) >= 11 is 12.8. The first-order chi connectivity index (χ1) is 16.3. The number of nitrogens with one attached hydrogen (secondary N) is 1. The minimum absolute atomic E-state index is 0.154. The van der Waals surface area contributed by atoms with Crippen molar-refractivity contribution >= 4 is 49.9 Å². The number of aromatic nitrogens is 3. The van der Waals surface area contributed by atoms with Crippen LogP contribution in [0.2, 0.25) is 10.0 Å². The summed E-state index contributed by atoms with van der Waals surface area (Å²) in [4.78, 5) is 6.29. The lowest BCUT2D eigenvalue weighted by atomic mass is 10.2. The van der Waals surface area contributed by atoms with Gasteiger partial charge in [-0.05, 0) is 55.8 Å². The van der Waals surface area contributed by atoms with Gasteiger partial charge in [-0.1, -0.05) is 35.3 Å². The van der Waals surface area contributed by atoms with Crippen LogP contribution in [-0.2, 0) is 23.1 Å². The maximum Gasteiger partial charge on any atom is 0.240 e. The lowest BCUT2D eigenvalue weighted by molar-refractivity contribution is 0.581. The van der Waals surface area contributed by atoms with E-state index in [1.54, 1.807) is 54.9 Å². The molecule has 1 N–H and O–H groups in total. The molecule has 0 aliphatic carbocycles. The van der Waals surface area contributed by atoms with Gasteiger partial charge in [0.25, 0.3) is 0 Å². The van der Waals surface area contributed by atoms with Crippen LogP contribution in [0, 0.1) is 0 Å². The van der Waals surface area contributed by atoms with Crippen LogP contribution in [0.25, 0.3) is 10.9 Å². The van der Waals surface area contributed by atoms with Crippen molar-refractivity contribution in [3.63, 3.8) is 0 Å². The van der Waals surface area contributed by atoms with Crippen LogP contribution < -0.4 is 9.62 Å². The number of rotatable bonds is 9. The third-order valence-corrected chi connectivity index (χ3v) is 7.74. The van der Waals surface area contributed by atoms with Crippen molar-refractivity contribution in [1.82, 2.24) is 19.5 Å². The molecular weight excluding hydrogens is 493 g/mol. The van der Waals surface area contributed by atoms with Crippen molar-refractivity contribution < 1.29 is 8.42 Å². The number of hydrogen-bond donors (Lipinski definition) is 1. The van der Waals surface area contributed by atoms with Crippen molar-refractivity contribution in [3.8, 4) is 0 Å². The minimum Gasteiger partial charge on any atom is -0.355 e. The molecule has 0 aliphatic heterocycles. The van der Waals surface area contributed by atoms with Gasteiger partial charge in [0, 0.05) is 53.0 Å². The van der Waals surface area contributed by atoms with E-state index in [0.717, 1.165) is 35.1 Å². The molecular formula is C24H25Cl2N5O2S. The van der Waals surface area contributed by atoms with Crippen LogP contribution in [0.1, 0.15) is 25.0 Å². The fourth-order valence-corrected chi connectivity index (χ4v) is 5.34. The SMILES string of the molecule is CCN(CC)c1nn(Cc2c(Cl)cccc2Cl)c2ccc(S(=O)(=O)NCc3cccnc3)cc12. The Balaban J connectivity index is 1.75. The van der Waals surface area contributed by atoms with Crippen molar-refractivity contribution in [2.45, 2.75) is 31.8 Å². The Bertz CT molecular complexity index is 1380. The highest BCUT2D eigenvalue weighted by atomic mass is 35.5. The molecule has 10 heteroatoms. The van der Waals surface area contributed by atoms with E-state index in [4.69, 9.17) is 28.3 Å². The van der Waals surface area contributed by atoms with E-state index in [9.17, 15) is 8.42 Å². The Morgan fingerprint density at radius 2 is 1.76 bits per heavy atom. The minimum atomic E-state index is -3.74. The first-order valence-corrected chi connectivity index (χ1v) is 13.1. The standard InChI is InChI=1S/C24H25Cl2N5O2S/c1-3-30(4-2)24-19-13-18(34(32,33)28-15-17-7-6-12-27-14-17)10-11-23(19)31(29-24)16-20-21(25)8-5-9-22(20)26/h5-14,28H,3-4,15-16H2,1-2H3. The smallest absolute Gasteiger partial charge is 0.240 e. The number of halogens is 2. The van der Waals surface area contributed by atoms with E-state index in [-0.39, 0.29) is 11.4 Å². The van der Waals surface area contributed by atoms with Crippen molar-refractivity contribution in [1.29, 1.82) is 0 Å². The molecule has 0 atom stereocenters. The fourth-order valence-electron chi connectivity index (χ4n) is 3.78. The Kier molecular flexibility index (Phi) is 7.42. The second-order valence-electron chi connectivity index (χ2n) is 7.72. The van der Waals surface area contributed by atoms with E-state index < -0.39 is 10.0 Å². The van der Waals surface area contributed by atoms with Crippen LogP contribution in [0.4, 0.5) is 5.82 Å². The first kappa shape index (κ1) is 24.5. The molecule has 0 saturated carbocycles. The molecule has 34 heavy (non-hydrogen) atoms. The molecule has 0 unspecified atom stereocenters. The van der Waals surface area contributed by atoms with Gasteiger partial charge in [-0.2, -0.15) is 5.10 Å². The molecule has 4 rings (SSSR count). The van der Waals surface area contributed by atoms with Gasteiger partial charge in [-0.15, -0.1) is 0 Å². The van der Waals surface area contributed by atoms with Gasteiger partial charge in [-0.25, -0.2) is 13.1 Å². The predicted molar refractivity (Wildman–Crippen MR) is 137 cm³/mol. The van der Waals surface area contributed by atoms with Crippen LogP contribution in [-0.4, -0.2) is 36.3 Å². The lowest BCUT2D eigenvalue weighted by Gasteiger charge is -2.18. The van der Waals surface area contributed by atoms with E-state index in [0.29, 0.717) is 22.4 Å².